The summed E-state index contributed by atoms with van der Waals surface area (Å²) in [6.07, 6.45) is 9.08. The number of Topliss-reactive ketones (excluding diaryl/α,β-unsaturated/α-hetero) is 2. The Morgan fingerprint density at radius 1 is 0.631 bits per heavy atom. The summed E-state index contributed by atoms with van der Waals surface area (Å²) in [5.74, 6) is 4.75. The van der Waals surface area contributed by atoms with Crippen molar-refractivity contribution in [1.82, 2.24) is 30.6 Å². The third kappa shape index (κ3) is 15.1. The van der Waals surface area contributed by atoms with E-state index in [9.17, 15) is 19.2 Å². The van der Waals surface area contributed by atoms with Crippen molar-refractivity contribution in [2.24, 2.45) is 11.8 Å². The summed E-state index contributed by atoms with van der Waals surface area (Å²) in [6.45, 7) is 29.4. The molecule has 0 bridgehead atoms. The summed E-state index contributed by atoms with van der Waals surface area (Å²) in [5, 5.41) is 6.72. The molecule has 3 saturated heterocycles. The van der Waals surface area contributed by atoms with Crippen LogP contribution in [0.3, 0.4) is 0 Å². The molecule has 16 nitrogen and oxygen atoms in total. The largest absolute Gasteiger partial charge is 0.496 e. The second-order valence-corrected chi connectivity index (χ2v) is 25.4. The topological polar surface area (TPSA) is 193 Å². The van der Waals surface area contributed by atoms with Crippen LogP contribution in [0, 0.1) is 39.5 Å². The lowest BCUT2D eigenvalue weighted by Gasteiger charge is -2.32. The van der Waals surface area contributed by atoms with Crippen LogP contribution in [0.1, 0.15) is 133 Å². The summed E-state index contributed by atoms with van der Waals surface area (Å²) in [5.41, 5.74) is 10.4. The molecular weight excluding hydrogens is 1120 g/mol. The van der Waals surface area contributed by atoms with Crippen LogP contribution in [0.4, 0.5) is 11.6 Å². The number of hydrogen-bond acceptors (Lipinski definition) is 14. The van der Waals surface area contributed by atoms with E-state index in [0.717, 1.165) is 156 Å². The molecule has 0 radical (unpaired) electrons. The first-order valence-electron chi connectivity index (χ1n) is 30.0. The van der Waals surface area contributed by atoms with Crippen LogP contribution in [0.15, 0.2) is 87.1 Å². The number of pyridine rings is 4. The van der Waals surface area contributed by atoms with Gasteiger partial charge >= 0.3 is 7.12 Å². The molecule has 4 N–H and O–H groups in total. The van der Waals surface area contributed by atoms with Crippen LogP contribution in [0.2, 0.25) is 0 Å². The fourth-order valence-corrected chi connectivity index (χ4v) is 12.0. The van der Waals surface area contributed by atoms with Gasteiger partial charge in [-0.2, -0.15) is 0 Å². The number of nitrogens with zero attached hydrogens (tertiary/aromatic N) is 4. The van der Waals surface area contributed by atoms with Crippen LogP contribution in [0.25, 0.3) is 11.1 Å². The summed E-state index contributed by atoms with van der Waals surface area (Å²) in [7, 11) is -0.334. The molecule has 446 valence electrons. The van der Waals surface area contributed by atoms with Gasteiger partial charge in [-0.05, 0) is 199 Å². The number of hydrogen-bond donors (Lipinski definition) is 4. The van der Waals surface area contributed by atoms with E-state index in [1.807, 2.05) is 76.5 Å². The average molecular weight is 1210 g/mol. The van der Waals surface area contributed by atoms with Gasteiger partial charge in [0.15, 0.2) is 11.6 Å². The molecule has 0 saturated carbocycles. The maximum Gasteiger partial charge on any atom is 0.496 e. The zero-order chi connectivity index (χ0) is 59.9. The van der Waals surface area contributed by atoms with E-state index in [-0.39, 0.29) is 47.4 Å². The highest BCUT2D eigenvalue weighted by Gasteiger charge is 2.52. The molecule has 9 heterocycles. The van der Waals surface area contributed by atoms with Gasteiger partial charge in [0.05, 0.1) is 28.9 Å². The quantitative estimate of drug-likeness (QED) is 0.0669. The number of H-pyrrole nitrogens is 2. The van der Waals surface area contributed by atoms with E-state index in [0.29, 0.717) is 66.6 Å². The van der Waals surface area contributed by atoms with Crippen LogP contribution in [0.5, 0.6) is 11.5 Å². The van der Waals surface area contributed by atoms with Gasteiger partial charge in [0, 0.05) is 128 Å². The fourth-order valence-electron chi connectivity index (χ4n) is 11.4. The van der Waals surface area contributed by atoms with Crippen LogP contribution in [-0.4, -0.2) is 115 Å². The second kappa shape index (κ2) is 27.3. The number of aromatic amines is 2. The van der Waals surface area contributed by atoms with Crippen molar-refractivity contribution < 1.29 is 28.4 Å². The zero-order valence-corrected chi connectivity index (χ0v) is 52.4. The number of fused-ring (bicyclic) bond motifs is 2. The SMILES string of the molecule is CC1(C)OB(c2ccc(N3CCNCC3)nc2)OC1(C)C.Cc1cc(C)c(CCC(=O)c2cc(Br)c3c(c2)CCC(C)CO3)c(=O)[nH]1.Cc1cc(C)c(CCC(=O)c2cc3c(c(-c4ccc(N5CCNCC5)nc4)c2)OCC(C)CC3)c(=O)[nH]1. The van der Waals surface area contributed by atoms with Gasteiger partial charge in [0.1, 0.15) is 23.1 Å². The Morgan fingerprint density at radius 3 is 1.56 bits per heavy atom. The van der Waals surface area contributed by atoms with E-state index in [1.54, 1.807) is 0 Å². The summed E-state index contributed by atoms with van der Waals surface area (Å²) in [4.78, 5) is 70.3. The Hall–Kier alpha value is -6.44. The number of halogens is 1. The second-order valence-electron chi connectivity index (χ2n) is 24.5. The minimum absolute atomic E-state index is 0.0334. The van der Waals surface area contributed by atoms with E-state index < -0.39 is 0 Å². The lowest BCUT2D eigenvalue weighted by atomic mass is 9.80. The molecule has 5 aliphatic heterocycles. The molecule has 0 aliphatic carbocycles. The summed E-state index contributed by atoms with van der Waals surface area (Å²) < 4.78 is 25.1. The van der Waals surface area contributed by atoms with E-state index in [2.05, 4.69) is 117 Å². The smallest absolute Gasteiger partial charge is 0.492 e. The number of ketones is 2. The monoisotopic (exact) mass is 1210 g/mol. The van der Waals surface area contributed by atoms with Gasteiger partial charge in [-0.1, -0.05) is 19.9 Å². The number of piperazine rings is 2. The predicted octanol–water partition coefficient (Wildman–Crippen LogP) is 9.56. The number of aromatic nitrogens is 4. The number of carbonyl (C=O) groups excluding carboxylic acids is 2. The van der Waals surface area contributed by atoms with Gasteiger partial charge in [-0.25, -0.2) is 9.97 Å². The molecule has 18 heteroatoms. The van der Waals surface area contributed by atoms with Crippen molar-refractivity contribution in [2.75, 3.05) is 75.4 Å². The predicted molar refractivity (Wildman–Crippen MR) is 338 cm³/mol. The van der Waals surface area contributed by atoms with E-state index >= 15 is 0 Å². The number of aryl methyl sites for hydroxylation is 6. The minimum atomic E-state index is -0.334. The van der Waals surface area contributed by atoms with Crippen molar-refractivity contribution in [3.63, 3.8) is 0 Å². The van der Waals surface area contributed by atoms with Gasteiger partial charge < -0.3 is 49.2 Å². The Labute approximate surface area is 503 Å². The zero-order valence-electron chi connectivity index (χ0n) is 50.8. The van der Waals surface area contributed by atoms with Gasteiger partial charge in [-0.3, -0.25) is 19.2 Å². The maximum atomic E-state index is 13.4. The molecule has 84 heavy (non-hydrogen) atoms. The highest BCUT2D eigenvalue weighted by Crippen LogP contribution is 2.40. The molecule has 0 amide bonds. The highest BCUT2D eigenvalue weighted by molar-refractivity contribution is 9.10. The number of benzene rings is 2. The molecule has 2 aromatic carbocycles. The standard InChI is InChI=1S/C30H36N4O3.C21H24BrNO3.C15H24BN3O2/c1-19-4-5-22-15-24(27(35)8-7-25-20(2)14-21(3)33-30(25)36)16-26(29(22)37-18-19)23-6-9-28(32-17-23)34-12-10-31-11-13-34;1-12-4-5-15-9-16(10-18(22)20(15)26-11-12)19(24)7-6-17-13(2)8-14(3)23-21(17)25;1-14(2)15(3,4)21-16(20-14)12-5-6-13(18-11-12)19-9-7-17-8-10-19/h6,9,14-17,19,31H,4-5,7-8,10-13,18H2,1-3H3,(H,33,36);8-10,12H,4-7,11H2,1-3H3,(H,23,25);5-6,11,17H,7-10H2,1-4H3. The third-order valence-electron chi connectivity index (χ3n) is 17.2. The average Bonchev–Trinajstić information content (AvgIpc) is 2.23. The highest BCUT2D eigenvalue weighted by atomic mass is 79.9. The number of rotatable bonds is 12. The van der Waals surface area contributed by atoms with Crippen molar-refractivity contribution in [1.29, 1.82) is 0 Å². The van der Waals surface area contributed by atoms with Gasteiger partial charge in [-0.15, -0.1) is 0 Å². The Bertz CT molecular complexity index is 3410. The maximum absolute atomic E-state index is 13.4. The van der Waals surface area contributed by atoms with Crippen molar-refractivity contribution in [2.45, 2.75) is 132 Å². The number of nitrogens with one attached hydrogen (secondary N) is 4. The normalized spacial score (nSPS) is 19.0. The van der Waals surface area contributed by atoms with Crippen LogP contribution < -0.4 is 46.5 Å². The molecule has 4 aromatic heterocycles. The molecule has 11 rings (SSSR count). The first kappa shape index (κ1) is 62.1. The lowest BCUT2D eigenvalue weighted by molar-refractivity contribution is 0.00578. The first-order valence-corrected chi connectivity index (χ1v) is 30.8. The van der Waals surface area contributed by atoms with Crippen molar-refractivity contribution in [3.8, 4) is 22.6 Å². The van der Waals surface area contributed by atoms with Crippen LogP contribution >= 0.6 is 15.9 Å². The van der Waals surface area contributed by atoms with E-state index in [1.165, 1.54) is 0 Å². The minimum Gasteiger partial charge on any atom is -0.492 e. The molecule has 6 aromatic rings. The Kier molecular flexibility index (Phi) is 20.2. The molecule has 3 fully saturated rings. The van der Waals surface area contributed by atoms with Gasteiger partial charge in [0.25, 0.3) is 11.1 Å². The van der Waals surface area contributed by atoms with E-state index in [4.69, 9.17) is 23.8 Å². The summed E-state index contributed by atoms with van der Waals surface area (Å²) >= 11 is 3.55. The van der Waals surface area contributed by atoms with Crippen LogP contribution in [-0.2, 0) is 35.0 Å². The molecule has 2 unspecified atom stereocenters. The lowest BCUT2D eigenvalue weighted by Crippen LogP contribution is -2.44. The molecular formula is C66H84BBrN8O8. The molecule has 5 aliphatic rings. The number of anilines is 2. The fraction of sp³-hybridized carbons (Fsp3) is 0.485. The van der Waals surface area contributed by atoms with Gasteiger partial charge in [0.2, 0.25) is 0 Å². The molecule has 2 atom stereocenters. The number of ether oxygens (including phenoxy) is 2. The molecule has 0 spiro atoms. The van der Waals surface area contributed by atoms with Crippen molar-refractivity contribution >= 4 is 51.7 Å². The summed E-state index contributed by atoms with van der Waals surface area (Å²) in [6, 6.07) is 19.9. The third-order valence-corrected chi connectivity index (χ3v) is 17.8. The Balaban J connectivity index is 0.000000158. The Morgan fingerprint density at radius 2 is 1.10 bits per heavy atom. The first-order chi connectivity index (χ1) is 40.1. The van der Waals surface area contributed by atoms with Crippen molar-refractivity contribution in [3.05, 3.63) is 154 Å². The number of carbonyl (C=O) groups is 2.